The van der Waals surface area contributed by atoms with Crippen LogP contribution in [-0.4, -0.2) is 34.7 Å². The lowest BCUT2D eigenvalue weighted by molar-refractivity contribution is -0.131. The van der Waals surface area contributed by atoms with E-state index in [4.69, 9.17) is 9.26 Å². The molecule has 0 radical (unpaired) electrons. The van der Waals surface area contributed by atoms with Gasteiger partial charge in [-0.1, -0.05) is 29.4 Å². The number of fused-ring (bicyclic) bond motifs is 1. The standard InChI is InChI=1S/C21H19N3O4S/c1-23(12-14-5-6-16-11-17(27-2)8-7-15(16)10-14)19(25)13-24-20(22-28-21(24)26)18-4-3-9-29-18/h3-11H,12-13H2,1-2H3. The Labute approximate surface area is 170 Å². The second kappa shape index (κ2) is 7.92. The third-order valence-electron chi connectivity index (χ3n) is 4.68. The number of likely N-dealkylation sites (N-methyl/N-ethyl adjacent to an activating group) is 1. The first-order chi connectivity index (χ1) is 14.0. The number of hydrogen-bond acceptors (Lipinski definition) is 6. The van der Waals surface area contributed by atoms with E-state index in [1.54, 1.807) is 19.1 Å². The van der Waals surface area contributed by atoms with Crippen LogP contribution in [0.2, 0.25) is 0 Å². The highest BCUT2D eigenvalue weighted by atomic mass is 32.1. The summed E-state index contributed by atoms with van der Waals surface area (Å²) in [6.07, 6.45) is 0. The highest BCUT2D eigenvalue weighted by molar-refractivity contribution is 7.13. The molecule has 0 unspecified atom stereocenters. The highest BCUT2D eigenvalue weighted by Gasteiger charge is 2.19. The predicted molar refractivity (Wildman–Crippen MR) is 111 cm³/mol. The number of aromatic nitrogens is 2. The van der Waals surface area contributed by atoms with Crippen molar-refractivity contribution in [3.63, 3.8) is 0 Å². The maximum absolute atomic E-state index is 12.7. The van der Waals surface area contributed by atoms with Crippen LogP contribution in [0.5, 0.6) is 5.75 Å². The molecule has 2 aromatic heterocycles. The minimum absolute atomic E-state index is 0.128. The normalized spacial score (nSPS) is 11.0. The largest absolute Gasteiger partial charge is 0.497 e. The lowest BCUT2D eigenvalue weighted by Gasteiger charge is -2.18. The molecule has 0 atom stereocenters. The fraction of sp³-hybridized carbons (Fsp3) is 0.190. The van der Waals surface area contributed by atoms with Crippen molar-refractivity contribution in [1.82, 2.24) is 14.6 Å². The van der Waals surface area contributed by atoms with Crippen LogP contribution >= 0.6 is 11.3 Å². The van der Waals surface area contributed by atoms with Crippen LogP contribution < -0.4 is 10.5 Å². The number of nitrogens with zero attached hydrogens (tertiary/aromatic N) is 3. The molecule has 0 aliphatic rings. The van der Waals surface area contributed by atoms with Gasteiger partial charge < -0.3 is 9.64 Å². The van der Waals surface area contributed by atoms with Gasteiger partial charge in [-0.15, -0.1) is 11.3 Å². The average molecular weight is 409 g/mol. The zero-order chi connectivity index (χ0) is 20.4. The average Bonchev–Trinajstić information content (AvgIpc) is 3.38. The van der Waals surface area contributed by atoms with E-state index >= 15 is 0 Å². The molecule has 0 saturated heterocycles. The maximum atomic E-state index is 12.7. The Kier molecular flexibility index (Phi) is 5.18. The van der Waals surface area contributed by atoms with Crippen molar-refractivity contribution in [3.05, 3.63) is 70.0 Å². The molecule has 0 aliphatic carbocycles. The summed E-state index contributed by atoms with van der Waals surface area (Å²) in [6, 6.07) is 15.6. The van der Waals surface area contributed by atoms with Crippen LogP contribution in [0.15, 0.2) is 63.2 Å². The van der Waals surface area contributed by atoms with Crippen molar-refractivity contribution in [2.75, 3.05) is 14.2 Å². The second-order valence-corrected chi connectivity index (χ2v) is 7.58. The Morgan fingerprint density at radius 2 is 2.00 bits per heavy atom. The number of thiophene rings is 1. The van der Waals surface area contributed by atoms with Gasteiger partial charge in [-0.05, 0) is 46.0 Å². The van der Waals surface area contributed by atoms with Crippen molar-refractivity contribution >= 4 is 28.0 Å². The van der Waals surface area contributed by atoms with E-state index in [1.807, 2.05) is 53.9 Å². The Morgan fingerprint density at radius 3 is 2.76 bits per heavy atom. The molecule has 0 spiro atoms. The molecule has 7 nitrogen and oxygen atoms in total. The molecule has 1 amide bonds. The summed E-state index contributed by atoms with van der Waals surface area (Å²) in [7, 11) is 3.35. The molecule has 2 heterocycles. The number of amides is 1. The topological polar surface area (TPSA) is 77.6 Å². The number of ether oxygens (including phenoxy) is 1. The Hall–Kier alpha value is -3.39. The van der Waals surface area contributed by atoms with E-state index in [-0.39, 0.29) is 12.5 Å². The molecule has 8 heteroatoms. The van der Waals surface area contributed by atoms with Crippen LogP contribution in [0.3, 0.4) is 0 Å². The van der Waals surface area contributed by atoms with Gasteiger partial charge in [0, 0.05) is 13.6 Å². The Morgan fingerprint density at radius 1 is 1.21 bits per heavy atom. The van der Waals surface area contributed by atoms with Gasteiger partial charge in [-0.2, -0.15) is 0 Å². The summed E-state index contributed by atoms with van der Waals surface area (Å²) < 4.78 is 11.3. The van der Waals surface area contributed by atoms with Gasteiger partial charge in [0.1, 0.15) is 12.3 Å². The summed E-state index contributed by atoms with van der Waals surface area (Å²) in [4.78, 5) is 27.1. The number of carbonyl (C=O) groups excluding carboxylic acids is 1. The maximum Gasteiger partial charge on any atom is 0.442 e. The molecule has 0 saturated carbocycles. The van der Waals surface area contributed by atoms with Crippen LogP contribution in [0.1, 0.15) is 5.56 Å². The molecule has 148 valence electrons. The molecule has 0 fully saturated rings. The first kappa shape index (κ1) is 18.9. The first-order valence-corrected chi connectivity index (χ1v) is 9.84. The summed E-state index contributed by atoms with van der Waals surface area (Å²) in [6.45, 7) is 0.298. The fourth-order valence-electron chi connectivity index (χ4n) is 3.11. The molecule has 4 rings (SSSR count). The quantitative estimate of drug-likeness (QED) is 0.488. The van der Waals surface area contributed by atoms with E-state index in [0.29, 0.717) is 12.4 Å². The Bertz CT molecular complexity index is 1210. The summed E-state index contributed by atoms with van der Waals surface area (Å²) >= 11 is 1.43. The predicted octanol–water partition coefficient (Wildman–Crippen LogP) is 3.39. The summed E-state index contributed by atoms with van der Waals surface area (Å²) in [5.74, 6) is 0.322. The van der Waals surface area contributed by atoms with E-state index in [0.717, 1.165) is 27.0 Å². The number of rotatable bonds is 6. The van der Waals surface area contributed by atoms with Gasteiger partial charge in [0.15, 0.2) is 5.82 Å². The molecule has 29 heavy (non-hydrogen) atoms. The van der Waals surface area contributed by atoms with Crippen LogP contribution in [0.4, 0.5) is 0 Å². The number of carbonyl (C=O) groups is 1. The lowest BCUT2D eigenvalue weighted by Crippen LogP contribution is -2.32. The van der Waals surface area contributed by atoms with Crippen molar-refractivity contribution in [1.29, 1.82) is 0 Å². The first-order valence-electron chi connectivity index (χ1n) is 8.96. The number of hydrogen-bond donors (Lipinski definition) is 0. The molecule has 0 N–H and O–H groups in total. The number of methoxy groups -OCH3 is 1. The zero-order valence-corrected chi connectivity index (χ0v) is 16.8. The van der Waals surface area contributed by atoms with Gasteiger partial charge >= 0.3 is 5.76 Å². The van der Waals surface area contributed by atoms with E-state index in [2.05, 4.69) is 5.16 Å². The lowest BCUT2D eigenvalue weighted by atomic mass is 10.1. The van der Waals surface area contributed by atoms with Gasteiger partial charge in [0.05, 0.1) is 12.0 Å². The summed E-state index contributed by atoms with van der Waals surface area (Å²) in [5.41, 5.74) is 0.995. The fourth-order valence-corrected chi connectivity index (χ4v) is 3.82. The molecule has 2 aromatic carbocycles. The molecule has 4 aromatic rings. The number of benzene rings is 2. The van der Waals surface area contributed by atoms with Gasteiger partial charge in [-0.3, -0.25) is 9.32 Å². The molecule has 0 aliphatic heterocycles. The third-order valence-corrected chi connectivity index (χ3v) is 5.54. The van der Waals surface area contributed by atoms with Gasteiger partial charge in [-0.25, -0.2) is 9.36 Å². The smallest absolute Gasteiger partial charge is 0.442 e. The SMILES string of the molecule is COc1ccc2cc(CN(C)C(=O)Cn3c(-c4cccs4)noc3=O)ccc2c1. The van der Waals surface area contributed by atoms with E-state index < -0.39 is 5.76 Å². The molecule has 0 bridgehead atoms. The van der Waals surface area contributed by atoms with Gasteiger partial charge in [0.2, 0.25) is 5.91 Å². The van der Waals surface area contributed by atoms with Crippen LogP contribution in [0, 0.1) is 0 Å². The van der Waals surface area contributed by atoms with E-state index in [1.165, 1.54) is 15.9 Å². The highest BCUT2D eigenvalue weighted by Crippen LogP contribution is 2.23. The van der Waals surface area contributed by atoms with Crippen LogP contribution in [0.25, 0.3) is 21.5 Å². The van der Waals surface area contributed by atoms with Crippen LogP contribution in [-0.2, 0) is 17.9 Å². The van der Waals surface area contributed by atoms with Crippen molar-refractivity contribution in [2.24, 2.45) is 0 Å². The molecular formula is C21H19N3O4S. The second-order valence-electron chi connectivity index (χ2n) is 6.63. The molecular weight excluding hydrogens is 390 g/mol. The van der Waals surface area contributed by atoms with Crippen molar-refractivity contribution < 1.29 is 14.1 Å². The zero-order valence-electron chi connectivity index (χ0n) is 16.0. The minimum atomic E-state index is -0.644. The third kappa shape index (κ3) is 3.93. The Balaban J connectivity index is 1.50. The summed E-state index contributed by atoms with van der Waals surface area (Å²) in [5, 5.41) is 7.82. The minimum Gasteiger partial charge on any atom is -0.497 e. The van der Waals surface area contributed by atoms with E-state index in [9.17, 15) is 9.59 Å². The van der Waals surface area contributed by atoms with Crippen molar-refractivity contribution in [3.8, 4) is 16.5 Å². The van der Waals surface area contributed by atoms with Crippen molar-refractivity contribution in [2.45, 2.75) is 13.1 Å². The monoisotopic (exact) mass is 409 g/mol. The van der Waals surface area contributed by atoms with Gasteiger partial charge in [0.25, 0.3) is 0 Å².